The first-order valence-corrected chi connectivity index (χ1v) is 10.7. The van der Waals surface area contributed by atoms with E-state index in [0.717, 1.165) is 9.87 Å². The lowest BCUT2D eigenvalue weighted by Crippen LogP contribution is -2.40. The highest BCUT2D eigenvalue weighted by Crippen LogP contribution is 2.20. The van der Waals surface area contributed by atoms with Gasteiger partial charge < -0.3 is 5.32 Å². The van der Waals surface area contributed by atoms with Crippen LogP contribution in [0.4, 0.5) is 0 Å². The van der Waals surface area contributed by atoms with E-state index in [4.69, 9.17) is 11.6 Å². The Balaban J connectivity index is 1.78. The van der Waals surface area contributed by atoms with Crippen molar-refractivity contribution in [1.82, 2.24) is 14.6 Å². The van der Waals surface area contributed by atoms with Crippen molar-refractivity contribution in [3.8, 4) is 0 Å². The van der Waals surface area contributed by atoms with Crippen LogP contribution in [0.2, 0.25) is 5.02 Å². The van der Waals surface area contributed by atoms with Crippen LogP contribution >= 0.6 is 11.6 Å². The van der Waals surface area contributed by atoms with Gasteiger partial charge in [-0.25, -0.2) is 8.42 Å². The van der Waals surface area contributed by atoms with Gasteiger partial charge in [0.1, 0.15) is 0 Å². The number of nitrogens with zero attached hydrogens (tertiary/aromatic N) is 2. The average molecular weight is 430 g/mol. The highest BCUT2D eigenvalue weighted by Gasteiger charge is 2.27. The summed E-state index contributed by atoms with van der Waals surface area (Å²) in [5.74, 6) is -0.413. The summed E-state index contributed by atoms with van der Waals surface area (Å²) in [6.45, 7) is -0.0185. The molecular formula is C21H20ClN3O3S. The Morgan fingerprint density at radius 1 is 0.966 bits per heavy atom. The van der Waals surface area contributed by atoms with Gasteiger partial charge in [0.15, 0.2) is 0 Å². The van der Waals surface area contributed by atoms with E-state index in [0.29, 0.717) is 10.7 Å². The molecule has 0 spiro atoms. The van der Waals surface area contributed by atoms with Gasteiger partial charge in [0.2, 0.25) is 15.9 Å². The van der Waals surface area contributed by atoms with Crippen molar-refractivity contribution < 1.29 is 13.2 Å². The highest BCUT2D eigenvalue weighted by atomic mass is 35.5. The minimum absolute atomic E-state index is 0.0722. The number of rotatable bonds is 8. The number of hydrogen-bond acceptors (Lipinski definition) is 4. The smallest absolute Gasteiger partial charge is 0.243 e. The molecule has 0 aliphatic heterocycles. The number of aromatic nitrogens is 1. The monoisotopic (exact) mass is 429 g/mol. The molecule has 1 heterocycles. The van der Waals surface area contributed by atoms with Gasteiger partial charge in [0, 0.05) is 17.8 Å². The fraction of sp³-hybridized carbons (Fsp3) is 0.143. The molecule has 0 saturated heterocycles. The van der Waals surface area contributed by atoms with Gasteiger partial charge in [-0.15, -0.1) is 0 Å². The second-order valence-corrected chi connectivity index (χ2v) is 8.68. The van der Waals surface area contributed by atoms with Crippen LogP contribution in [-0.2, 0) is 27.9 Å². The maximum Gasteiger partial charge on any atom is 0.243 e. The van der Waals surface area contributed by atoms with E-state index >= 15 is 0 Å². The molecule has 150 valence electrons. The van der Waals surface area contributed by atoms with Crippen molar-refractivity contribution >= 4 is 27.5 Å². The van der Waals surface area contributed by atoms with Crippen LogP contribution in [0.15, 0.2) is 83.9 Å². The number of pyridine rings is 1. The summed E-state index contributed by atoms with van der Waals surface area (Å²) in [6.07, 6.45) is 1.63. The fourth-order valence-electron chi connectivity index (χ4n) is 2.68. The van der Waals surface area contributed by atoms with Gasteiger partial charge in [-0.3, -0.25) is 9.78 Å². The molecule has 3 rings (SSSR count). The van der Waals surface area contributed by atoms with Crippen molar-refractivity contribution in [2.45, 2.75) is 18.0 Å². The maximum absolute atomic E-state index is 13.1. The van der Waals surface area contributed by atoms with Crippen LogP contribution in [0.5, 0.6) is 0 Å². The molecule has 0 aliphatic carbocycles. The van der Waals surface area contributed by atoms with Crippen LogP contribution in [0, 0.1) is 0 Å². The second kappa shape index (κ2) is 9.65. The number of carbonyl (C=O) groups excluding carboxylic acids is 1. The third-order valence-corrected chi connectivity index (χ3v) is 6.22. The number of amides is 1. The molecule has 1 N–H and O–H groups in total. The van der Waals surface area contributed by atoms with Crippen LogP contribution in [0.25, 0.3) is 0 Å². The van der Waals surface area contributed by atoms with E-state index in [1.54, 1.807) is 18.3 Å². The third-order valence-electron chi connectivity index (χ3n) is 4.17. The number of nitrogens with one attached hydrogen (secondary N) is 1. The topological polar surface area (TPSA) is 79.4 Å². The Labute approximate surface area is 175 Å². The summed E-state index contributed by atoms with van der Waals surface area (Å²) in [5, 5.41) is 3.16. The zero-order valence-electron chi connectivity index (χ0n) is 15.5. The van der Waals surface area contributed by atoms with E-state index in [1.807, 2.05) is 36.4 Å². The second-order valence-electron chi connectivity index (χ2n) is 6.31. The average Bonchev–Trinajstić information content (AvgIpc) is 2.73. The molecular weight excluding hydrogens is 410 g/mol. The molecule has 8 heteroatoms. The molecule has 0 saturated carbocycles. The van der Waals surface area contributed by atoms with Gasteiger partial charge in [0.05, 0.1) is 23.7 Å². The zero-order chi connectivity index (χ0) is 20.7. The molecule has 6 nitrogen and oxygen atoms in total. The van der Waals surface area contributed by atoms with Crippen molar-refractivity contribution in [1.29, 1.82) is 0 Å². The van der Waals surface area contributed by atoms with E-state index < -0.39 is 15.9 Å². The molecule has 3 aromatic rings. The lowest BCUT2D eigenvalue weighted by Gasteiger charge is -2.22. The zero-order valence-corrected chi connectivity index (χ0v) is 17.1. The molecule has 0 unspecified atom stereocenters. The number of carbonyl (C=O) groups is 1. The van der Waals surface area contributed by atoms with Crippen molar-refractivity contribution in [3.05, 3.63) is 95.3 Å². The molecule has 0 atom stereocenters. The summed E-state index contributed by atoms with van der Waals surface area (Å²) in [5.41, 5.74) is 1.47. The molecule has 0 fully saturated rings. The summed E-state index contributed by atoms with van der Waals surface area (Å²) in [6, 6.07) is 20.4. The Morgan fingerprint density at radius 3 is 2.31 bits per heavy atom. The van der Waals surface area contributed by atoms with Crippen LogP contribution in [0.3, 0.4) is 0 Å². The number of sulfonamides is 1. The SMILES string of the molecule is O=C(CN(Cc1ccccc1)S(=O)(=O)c1ccc(Cl)cc1)NCc1ccccn1. The predicted molar refractivity (Wildman–Crippen MR) is 112 cm³/mol. The number of benzene rings is 2. The Morgan fingerprint density at radius 2 is 1.66 bits per heavy atom. The van der Waals surface area contributed by atoms with Gasteiger partial charge in [-0.1, -0.05) is 48.0 Å². The summed E-state index contributed by atoms with van der Waals surface area (Å²) >= 11 is 5.88. The molecule has 0 bridgehead atoms. The largest absolute Gasteiger partial charge is 0.349 e. The Kier molecular flexibility index (Phi) is 6.98. The van der Waals surface area contributed by atoms with E-state index in [1.165, 1.54) is 24.3 Å². The summed E-state index contributed by atoms with van der Waals surface area (Å²) in [4.78, 5) is 16.7. The predicted octanol–water partition coefficient (Wildman–Crippen LogP) is 3.24. The van der Waals surface area contributed by atoms with Gasteiger partial charge >= 0.3 is 0 Å². The summed E-state index contributed by atoms with van der Waals surface area (Å²) in [7, 11) is -3.90. The fourth-order valence-corrected chi connectivity index (χ4v) is 4.19. The normalized spacial score (nSPS) is 11.4. The van der Waals surface area contributed by atoms with Crippen molar-refractivity contribution in [2.24, 2.45) is 0 Å². The van der Waals surface area contributed by atoms with E-state index in [-0.39, 0.29) is 24.5 Å². The molecule has 0 radical (unpaired) electrons. The van der Waals surface area contributed by atoms with E-state index in [2.05, 4.69) is 10.3 Å². The number of hydrogen-bond donors (Lipinski definition) is 1. The lowest BCUT2D eigenvalue weighted by molar-refractivity contribution is -0.121. The van der Waals surface area contributed by atoms with Crippen molar-refractivity contribution in [2.75, 3.05) is 6.54 Å². The van der Waals surface area contributed by atoms with Crippen LogP contribution in [-0.4, -0.2) is 30.2 Å². The lowest BCUT2D eigenvalue weighted by atomic mass is 10.2. The summed E-state index contributed by atoms with van der Waals surface area (Å²) < 4.78 is 27.4. The minimum atomic E-state index is -3.90. The first kappa shape index (κ1) is 21.0. The first-order valence-electron chi connectivity index (χ1n) is 8.91. The van der Waals surface area contributed by atoms with Gasteiger partial charge in [0.25, 0.3) is 0 Å². The van der Waals surface area contributed by atoms with E-state index in [9.17, 15) is 13.2 Å². The molecule has 1 aromatic heterocycles. The molecule has 1 amide bonds. The third kappa shape index (κ3) is 5.87. The van der Waals surface area contributed by atoms with Crippen molar-refractivity contribution in [3.63, 3.8) is 0 Å². The minimum Gasteiger partial charge on any atom is -0.349 e. The van der Waals surface area contributed by atoms with Crippen LogP contribution in [0.1, 0.15) is 11.3 Å². The molecule has 29 heavy (non-hydrogen) atoms. The maximum atomic E-state index is 13.1. The van der Waals surface area contributed by atoms with Gasteiger partial charge in [-0.05, 0) is 42.0 Å². The number of halogens is 1. The van der Waals surface area contributed by atoms with Gasteiger partial charge in [-0.2, -0.15) is 4.31 Å². The van der Waals surface area contributed by atoms with Crippen LogP contribution < -0.4 is 5.32 Å². The highest BCUT2D eigenvalue weighted by molar-refractivity contribution is 7.89. The Hall–Kier alpha value is -2.74. The molecule has 0 aliphatic rings. The molecule has 2 aromatic carbocycles. The Bertz CT molecular complexity index is 1040. The first-order chi connectivity index (χ1) is 13.9. The standard InChI is InChI=1S/C21H20ClN3O3S/c22-18-9-11-20(12-10-18)29(27,28)25(15-17-6-2-1-3-7-17)16-21(26)24-14-19-8-4-5-13-23-19/h1-13H,14-16H2,(H,24,26). The quantitative estimate of drug-likeness (QED) is 0.596.